The zero-order valence-electron chi connectivity index (χ0n) is 11.7. The van der Waals surface area contributed by atoms with Gasteiger partial charge < -0.3 is 10.3 Å². The van der Waals surface area contributed by atoms with Crippen molar-refractivity contribution >= 4 is 0 Å². The fourth-order valence-electron chi connectivity index (χ4n) is 3.08. The molecule has 2 atom stereocenters. The topological polar surface area (TPSA) is 47.1 Å². The van der Waals surface area contributed by atoms with E-state index < -0.39 is 0 Å². The first-order valence-corrected chi connectivity index (χ1v) is 7.11. The van der Waals surface area contributed by atoms with Gasteiger partial charge in [-0.3, -0.25) is 4.90 Å². The van der Waals surface area contributed by atoms with E-state index in [4.69, 9.17) is 5.73 Å². The van der Waals surface area contributed by atoms with Crippen LogP contribution in [0.4, 0.5) is 0 Å². The Bertz CT molecular complexity index is 360. The van der Waals surface area contributed by atoms with E-state index in [-0.39, 0.29) is 0 Å². The maximum absolute atomic E-state index is 5.55. The van der Waals surface area contributed by atoms with Gasteiger partial charge in [-0.25, -0.2) is 4.98 Å². The van der Waals surface area contributed by atoms with Crippen LogP contribution in [-0.2, 0) is 13.1 Å². The Hall–Kier alpha value is -0.870. The molecule has 2 unspecified atom stereocenters. The number of rotatable bonds is 5. The molecule has 1 aromatic rings. The number of hydrogen-bond donors (Lipinski definition) is 1. The van der Waals surface area contributed by atoms with Gasteiger partial charge in [-0.1, -0.05) is 19.8 Å². The van der Waals surface area contributed by atoms with E-state index in [0.717, 1.165) is 30.7 Å². The van der Waals surface area contributed by atoms with Gasteiger partial charge in [0.1, 0.15) is 0 Å². The quantitative estimate of drug-likeness (QED) is 0.867. The van der Waals surface area contributed by atoms with Crippen LogP contribution < -0.4 is 5.73 Å². The molecular formula is C14H26N4. The SMILES string of the molecule is CC1CCCCC1N(C)Cc1cn(CCN)cn1. The minimum Gasteiger partial charge on any atom is -0.336 e. The van der Waals surface area contributed by atoms with Crippen LogP contribution in [0.5, 0.6) is 0 Å². The molecule has 0 aliphatic heterocycles. The van der Waals surface area contributed by atoms with Gasteiger partial charge >= 0.3 is 0 Å². The van der Waals surface area contributed by atoms with Crippen LogP contribution in [0.15, 0.2) is 12.5 Å². The highest BCUT2D eigenvalue weighted by molar-refractivity contribution is 4.97. The second-order valence-electron chi connectivity index (χ2n) is 5.64. The molecule has 2 N–H and O–H groups in total. The van der Waals surface area contributed by atoms with Gasteiger partial charge in [0.05, 0.1) is 12.0 Å². The molecule has 1 aliphatic carbocycles. The normalized spacial score (nSPS) is 24.7. The largest absolute Gasteiger partial charge is 0.336 e. The Morgan fingerprint density at radius 2 is 2.22 bits per heavy atom. The molecule has 0 bridgehead atoms. The van der Waals surface area contributed by atoms with Gasteiger partial charge in [-0.05, 0) is 25.8 Å². The fraction of sp³-hybridized carbons (Fsp3) is 0.786. The van der Waals surface area contributed by atoms with Crippen LogP contribution in [0.25, 0.3) is 0 Å². The number of imidazole rings is 1. The first-order chi connectivity index (χ1) is 8.70. The van der Waals surface area contributed by atoms with Crippen LogP contribution in [-0.4, -0.2) is 34.1 Å². The molecule has 18 heavy (non-hydrogen) atoms. The maximum atomic E-state index is 5.55. The minimum absolute atomic E-state index is 0.672. The van der Waals surface area contributed by atoms with Crippen molar-refractivity contribution in [1.29, 1.82) is 0 Å². The fourth-order valence-corrected chi connectivity index (χ4v) is 3.08. The van der Waals surface area contributed by atoms with E-state index in [1.165, 1.54) is 25.7 Å². The van der Waals surface area contributed by atoms with Crippen molar-refractivity contribution in [2.75, 3.05) is 13.6 Å². The van der Waals surface area contributed by atoms with Crippen molar-refractivity contribution in [3.63, 3.8) is 0 Å². The summed E-state index contributed by atoms with van der Waals surface area (Å²) in [5, 5.41) is 0. The van der Waals surface area contributed by atoms with Crippen molar-refractivity contribution < 1.29 is 0 Å². The summed E-state index contributed by atoms with van der Waals surface area (Å²) < 4.78 is 2.08. The molecule has 102 valence electrons. The second kappa shape index (κ2) is 6.34. The molecule has 0 amide bonds. The van der Waals surface area contributed by atoms with Crippen LogP contribution in [0, 0.1) is 5.92 Å². The minimum atomic E-state index is 0.672. The maximum Gasteiger partial charge on any atom is 0.0950 e. The van der Waals surface area contributed by atoms with Gasteiger partial charge in [-0.15, -0.1) is 0 Å². The Morgan fingerprint density at radius 1 is 1.44 bits per heavy atom. The third kappa shape index (κ3) is 3.33. The highest BCUT2D eigenvalue weighted by atomic mass is 15.2. The Kier molecular flexibility index (Phi) is 4.78. The molecule has 1 saturated carbocycles. The predicted molar refractivity (Wildman–Crippen MR) is 74.2 cm³/mol. The van der Waals surface area contributed by atoms with E-state index in [1.54, 1.807) is 0 Å². The second-order valence-corrected chi connectivity index (χ2v) is 5.64. The number of nitrogens with zero attached hydrogens (tertiary/aromatic N) is 3. The lowest BCUT2D eigenvalue weighted by molar-refractivity contribution is 0.132. The summed E-state index contributed by atoms with van der Waals surface area (Å²) in [5.41, 5.74) is 6.70. The molecule has 1 fully saturated rings. The van der Waals surface area contributed by atoms with E-state index >= 15 is 0 Å². The summed E-state index contributed by atoms with van der Waals surface area (Å²) in [6.07, 6.45) is 9.49. The van der Waals surface area contributed by atoms with Crippen LogP contribution in [0.2, 0.25) is 0 Å². The van der Waals surface area contributed by atoms with Crippen molar-refractivity contribution in [3.8, 4) is 0 Å². The standard InChI is InChI=1S/C14H26N4/c1-12-5-3-4-6-14(12)17(2)9-13-10-18(8-7-15)11-16-13/h10-12,14H,3-9,15H2,1-2H3. The molecular weight excluding hydrogens is 224 g/mol. The first kappa shape index (κ1) is 13.6. The number of aromatic nitrogens is 2. The van der Waals surface area contributed by atoms with Crippen molar-refractivity contribution in [3.05, 3.63) is 18.2 Å². The first-order valence-electron chi connectivity index (χ1n) is 7.11. The number of hydrogen-bond acceptors (Lipinski definition) is 3. The molecule has 0 aromatic carbocycles. The van der Waals surface area contributed by atoms with Crippen molar-refractivity contribution in [2.45, 2.75) is 51.7 Å². The third-order valence-corrected chi connectivity index (χ3v) is 4.12. The van der Waals surface area contributed by atoms with Gasteiger partial charge in [0, 0.05) is 31.9 Å². The van der Waals surface area contributed by atoms with Crippen molar-refractivity contribution in [1.82, 2.24) is 14.5 Å². The lowest BCUT2D eigenvalue weighted by Crippen LogP contribution is -2.38. The average Bonchev–Trinajstić information content (AvgIpc) is 2.77. The van der Waals surface area contributed by atoms with E-state index in [9.17, 15) is 0 Å². The Labute approximate surface area is 110 Å². The smallest absolute Gasteiger partial charge is 0.0950 e. The van der Waals surface area contributed by atoms with Gasteiger partial charge in [0.15, 0.2) is 0 Å². The molecule has 4 nitrogen and oxygen atoms in total. The molecule has 1 heterocycles. The lowest BCUT2D eigenvalue weighted by Gasteiger charge is -2.35. The molecule has 1 aromatic heterocycles. The van der Waals surface area contributed by atoms with Crippen LogP contribution >= 0.6 is 0 Å². The lowest BCUT2D eigenvalue weighted by atomic mass is 9.85. The summed E-state index contributed by atoms with van der Waals surface area (Å²) in [5.74, 6) is 0.815. The van der Waals surface area contributed by atoms with Crippen LogP contribution in [0.1, 0.15) is 38.3 Å². The molecule has 4 heteroatoms. The highest BCUT2D eigenvalue weighted by Crippen LogP contribution is 2.27. The summed E-state index contributed by atoms with van der Waals surface area (Å²) >= 11 is 0. The Balaban J connectivity index is 1.90. The molecule has 2 rings (SSSR count). The number of nitrogens with two attached hydrogens (primary N) is 1. The summed E-state index contributed by atoms with van der Waals surface area (Å²) in [6, 6.07) is 0.721. The molecule has 0 saturated heterocycles. The van der Waals surface area contributed by atoms with E-state index in [0.29, 0.717) is 6.54 Å². The Morgan fingerprint density at radius 3 is 2.94 bits per heavy atom. The molecule has 0 radical (unpaired) electrons. The monoisotopic (exact) mass is 250 g/mol. The highest BCUT2D eigenvalue weighted by Gasteiger charge is 2.25. The zero-order valence-corrected chi connectivity index (χ0v) is 11.7. The molecule has 1 aliphatic rings. The zero-order chi connectivity index (χ0) is 13.0. The molecule has 0 spiro atoms. The third-order valence-electron chi connectivity index (χ3n) is 4.12. The van der Waals surface area contributed by atoms with Crippen molar-refractivity contribution in [2.24, 2.45) is 11.7 Å². The van der Waals surface area contributed by atoms with Gasteiger partial charge in [0.2, 0.25) is 0 Å². The van der Waals surface area contributed by atoms with Gasteiger partial charge in [0.25, 0.3) is 0 Å². The average molecular weight is 250 g/mol. The van der Waals surface area contributed by atoms with E-state index in [1.807, 2.05) is 6.33 Å². The van der Waals surface area contributed by atoms with E-state index in [2.05, 4.69) is 34.6 Å². The van der Waals surface area contributed by atoms with Gasteiger partial charge in [-0.2, -0.15) is 0 Å². The predicted octanol–water partition coefficient (Wildman–Crippen LogP) is 1.85. The summed E-state index contributed by atoms with van der Waals surface area (Å²) in [4.78, 5) is 6.93. The van der Waals surface area contributed by atoms with Crippen LogP contribution in [0.3, 0.4) is 0 Å². The summed E-state index contributed by atoms with van der Waals surface area (Å²) in [7, 11) is 2.23. The summed E-state index contributed by atoms with van der Waals surface area (Å²) in [6.45, 7) is 4.86.